The Labute approximate surface area is 280 Å². The van der Waals surface area contributed by atoms with Crippen LogP contribution in [0.3, 0.4) is 0 Å². The van der Waals surface area contributed by atoms with Gasteiger partial charge < -0.3 is 19.9 Å². The molecule has 1 saturated carbocycles. The SMILES string of the molecule is C=C[C@@H]1C[C@]1(NC(=O)[C@H]1CN(C(=O)OC(C)(C)C)C[C@@H]1C(=C)Cc1cccc2ccccc12)C(=O)NS(=O)(=O)c1cccc2cc[nH]c12. The minimum absolute atomic E-state index is 0.0452. The van der Waals surface area contributed by atoms with Crippen LogP contribution in [-0.4, -0.2) is 60.4 Å². The van der Waals surface area contributed by atoms with Crippen molar-refractivity contribution in [3.8, 4) is 0 Å². The molecule has 48 heavy (non-hydrogen) atoms. The summed E-state index contributed by atoms with van der Waals surface area (Å²) >= 11 is 0. The molecule has 2 aliphatic rings. The van der Waals surface area contributed by atoms with Crippen molar-refractivity contribution in [3.63, 3.8) is 0 Å². The summed E-state index contributed by atoms with van der Waals surface area (Å²) in [5.41, 5.74) is -0.0893. The Hall–Kier alpha value is -4.90. The van der Waals surface area contributed by atoms with Crippen molar-refractivity contribution < 1.29 is 27.5 Å². The maximum absolute atomic E-state index is 14.2. The van der Waals surface area contributed by atoms with Crippen molar-refractivity contribution in [1.82, 2.24) is 19.9 Å². The smallest absolute Gasteiger partial charge is 0.410 e. The van der Waals surface area contributed by atoms with E-state index < -0.39 is 56.8 Å². The number of hydrogen-bond acceptors (Lipinski definition) is 6. The highest BCUT2D eigenvalue weighted by atomic mass is 32.2. The van der Waals surface area contributed by atoms with E-state index in [0.717, 1.165) is 21.9 Å². The molecular formula is C37H40N4O6S. The van der Waals surface area contributed by atoms with Crippen LogP contribution in [0.25, 0.3) is 21.7 Å². The van der Waals surface area contributed by atoms with E-state index in [4.69, 9.17) is 4.74 Å². The molecule has 0 spiro atoms. The molecule has 0 radical (unpaired) electrons. The number of nitrogens with one attached hydrogen (secondary N) is 3. The van der Waals surface area contributed by atoms with Crippen molar-refractivity contribution in [2.75, 3.05) is 13.1 Å². The van der Waals surface area contributed by atoms with Crippen LogP contribution < -0.4 is 10.0 Å². The van der Waals surface area contributed by atoms with E-state index in [9.17, 15) is 22.8 Å². The van der Waals surface area contributed by atoms with Crippen molar-refractivity contribution in [1.29, 1.82) is 0 Å². The fourth-order valence-electron chi connectivity index (χ4n) is 6.68. The average Bonchev–Trinajstić information content (AvgIpc) is 3.34. The zero-order valence-corrected chi connectivity index (χ0v) is 28.1. The molecule has 10 nitrogen and oxygen atoms in total. The number of nitrogens with zero attached hydrogens (tertiary/aromatic N) is 1. The van der Waals surface area contributed by atoms with Crippen LogP contribution in [0.15, 0.2) is 103 Å². The standard InChI is InChI=1S/C37H40N4O6S/c1-6-27-20-37(27,34(43)40-48(45,46)31-16-10-13-25-17-18-38-32(25)31)39-33(42)30-22-41(35(44)47-36(3,4)5)21-29(30)23(2)19-26-14-9-12-24-11-7-8-15-28(24)26/h6-18,27,29-30,38H,1-2,19-22H2,3-5H3,(H,39,42)(H,40,43)/t27-,29-,30+,37-/m1/s1. The Morgan fingerprint density at radius 1 is 1.00 bits per heavy atom. The monoisotopic (exact) mass is 668 g/mol. The number of carbonyl (C=O) groups is 3. The van der Waals surface area contributed by atoms with Crippen molar-refractivity contribution >= 4 is 49.6 Å². The molecule has 1 saturated heterocycles. The number of H-pyrrole nitrogens is 1. The molecule has 1 aliphatic carbocycles. The highest BCUT2D eigenvalue weighted by molar-refractivity contribution is 7.90. The molecule has 3 aromatic carbocycles. The van der Waals surface area contributed by atoms with Crippen LogP contribution in [0.1, 0.15) is 32.8 Å². The first-order chi connectivity index (χ1) is 22.7. The molecule has 1 aliphatic heterocycles. The van der Waals surface area contributed by atoms with Gasteiger partial charge in [-0.1, -0.05) is 72.8 Å². The average molecular weight is 669 g/mol. The van der Waals surface area contributed by atoms with Gasteiger partial charge in [0.1, 0.15) is 16.0 Å². The van der Waals surface area contributed by atoms with E-state index in [2.05, 4.69) is 28.2 Å². The minimum atomic E-state index is -4.30. The van der Waals surface area contributed by atoms with E-state index in [-0.39, 0.29) is 24.4 Å². The summed E-state index contributed by atoms with van der Waals surface area (Å²) in [5.74, 6) is -3.03. The Kier molecular flexibility index (Phi) is 8.45. The summed E-state index contributed by atoms with van der Waals surface area (Å²) in [7, 11) is -4.30. The van der Waals surface area contributed by atoms with Crippen LogP contribution in [-0.2, 0) is 30.8 Å². The van der Waals surface area contributed by atoms with Gasteiger partial charge in [-0.3, -0.25) is 9.59 Å². The van der Waals surface area contributed by atoms with E-state index in [1.165, 1.54) is 17.0 Å². The second-order valence-electron chi connectivity index (χ2n) is 13.7. The predicted octanol–water partition coefficient (Wildman–Crippen LogP) is 5.47. The maximum Gasteiger partial charge on any atom is 0.410 e. The molecule has 0 unspecified atom stereocenters. The number of fused-ring (bicyclic) bond motifs is 2. The quantitative estimate of drug-likeness (QED) is 0.202. The number of sulfonamides is 1. The van der Waals surface area contributed by atoms with Gasteiger partial charge in [0.2, 0.25) is 5.91 Å². The van der Waals surface area contributed by atoms with E-state index in [0.29, 0.717) is 17.3 Å². The lowest BCUT2D eigenvalue weighted by Gasteiger charge is -2.24. The molecule has 11 heteroatoms. The molecule has 3 amide bonds. The molecular weight excluding hydrogens is 628 g/mol. The molecule has 1 aromatic heterocycles. The highest BCUT2D eigenvalue weighted by Crippen LogP contribution is 2.46. The summed E-state index contributed by atoms with van der Waals surface area (Å²) in [4.78, 5) is 45.5. The number of aromatic amines is 1. The lowest BCUT2D eigenvalue weighted by atomic mass is 9.84. The second-order valence-corrected chi connectivity index (χ2v) is 15.4. The van der Waals surface area contributed by atoms with Gasteiger partial charge in [-0.15, -0.1) is 6.58 Å². The Morgan fingerprint density at radius 2 is 1.69 bits per heavy atom. The van der Waals surface area contributed by atoms with Crippen LogP contribution >= 0.6 is 0 Å². The number of para-hydroxylation sites is 1. The summed E-state index contributed by atoms with van der Waals surface area (Å²) in [6, 6.07) is 20.6. The van der Waals surface area contributed by atoms with Gasteiger partial charge in [-0.25, -0.2) is 17.9 Å². The van der Waals surface area contributed by atoms with Gasteiger partial charge in [0.15, 0.2) is 0 Å². The zero-order chi connectivity index (χ0) is 34.4. The maximum atomic E-state index is 14.2. The molecule has 2 fully saturated rings. The first kappa shape index (κ1) is 33.0. The summed E-state index contributed by atoms with van der Waals surface area (Å²) < 4.78 is 34.7. The first-order valence-corrected chi connectivity index (χ1v) is 17.4. The van der Waals surface area contributed by atoms with E-state index in [1.54, 1.807) is 45.2 Å². The van der Waals surface area contributed by atoms with Gasteiger partial charge in [0.25, 0.3) is 15.9 Å². The summed E-state index contributed by atoms with van der Waals surface area (Å²) in [6.07, 6.45) is 3.26. The molecule has 4 aromatic rings. The number of rotatable bonds is 9. The normalized spacial score (nSPS) is 22.3. The molecule has 6 rings (SSSR count). The first-order valence-electron chi connectivity index (χ1n) is 15.9. The van der Waals surface area contributed by atoms with Gasteiger partial charge in [-0.05, 0) is 62.1 Å². The molecule has 3 N–H and O–H groups in total. The Balaban J connectivity index is 1.25. The number of ether oxygens (including phenoxy) is 1. The van der Waals surface area contributed by atoms with Crippen molar-refractivity contribution in [2.24, 2.45) is 17.8 Å². The number of aromatic nitrogens is 1. The topological polar surface area (TPSA) is 138 Å². The van der Waals surface area contributed by atoms with Crippen molar-refractivity contribution in [3.05, 3.63) is 103 Å². The molecule has 4 atom stereocenters. The lowest BCUT2D eigenvalue weighted by molar-refractivity contribution is -0.131. The van der Waals surface area contributed by atoms with Crippen molar-refractivity contribution in [2.45, 2.75) is 49.6 Å². The van der Waals surface area contributed by atoms with Crippen LogP contribution in [0.2, 0.25) is 0 Å². The van der Waals surface area contributed by atoms with Gasteiger partial charge in [0, 0.05) is 36.5 Å². The highest BCUT2D eigenvalue weighted by Gasteiger charge is 2.61. The fourth-order valence-corrected chi connectivity index (χ4v) is 7.92. The van der Waals surface area contributed by atoms with E-state index >= 15 is 0 Å². The Morgan fingerprint density at radius 3 is 2.42 bits per heavy atom. The lowest BCUT2D eigenvalue weighted by Crippen LogP contribution is -2.54. The number of hydrogen-bond donors (Lipinski definition) is 3. The largest absolute Gasteiger partial charge is 0.444 e. The van der Waals surface area contributed by atoms with Crippen LogP contribution in [0, 0.1) is 17.8 Å². The summed E-state index contributed by atoms with van der Waals surface area (Å²) in [6.45, 7) is 13.8. The predicted molar refractivity (Wildman–Crippen MR) is 184 cm³/mol. The second kappa shape index (κ2) is 12.3. The molecule has 250 valence electrons. The third-order valence-corrected chi connectivity index (χ3v) is 10.6. The van der Waals surface area contributed by atoms with Gasteiger partial charge in [-0.2, -0.15) is 0 Å². The fraction of sp³-hybridized carbons (Fsp3) is 0.324. The Bertz CT molecular complexity index is 2060. The number of amides is 3. The number of benzene rings is 3. The number of carbonyl (C=O) groups excluding carboxylic acids is 3. The molecule has 0 bridgehead atoms. The van der Waals surface area contributed by atoms with Gasteiger partial charge in [0.05, 0.1) is 11.4 Å². The van der Waals surface area contributed by atoms with Crippen LogP contribution in [0.4, 0.5) is 4.79 Å². The third-order valence-electron chi connectivity index (χ3n) is 9.25. The van der Waals surface area contributed by atoms with E-state index in [1.807, 2.05) is 42.5 Å². The summed E-state index contributed by atoms with van der Waals surface area (Å²) in [5, 5.41) is 5.72. The number of likely N-dealkylation sites (tertiary alicyclic amines) is 1. The minimum Gasteiger partial charge on any atom is -0.444 e. The van der Waals surface area contributed by atoms with Crippen LogP contribution in [0.5, 0.6) is 0 Å². The third kappa shape index (κ3) is 6.34. The zero-order valence-electron chi connectivity index (χ0n) is 27.3. The molecule has 2 heterocycles. The van der Waals surface area contributed by atoms with Gasteiger partial charge >= 0.3 is 6.09 Å².